The van der Waals surface area contributed by atoms with Gasteiger partial charge in [-0.25, -0.2) is 0 Å². The van der Waals surface area contributed by atoms with Crippen molar-refractivity contribution in [3.8, 4) is 0 Å². The maximum Gasteiger partial charge on any atom is 0.322 e. The van der Waals surface area contributed by atoms with Gasteiger partial charge in [-0.1, -0.05) is 18.2 Å². The summed E-state index contributed by atoms with van der Waals surface area (Å²) in [6.07, 6.45) is 1.23. The molecule has 0 aliphatic rings. The number of non-ortho nitro benzene ring substituents is 1. The van der Waals surface area contributed by atoms with E-state index in [1.54, 1.807) is 31.2 Å². The summed E-state index contributed by atoms with van der Waals surface area (Å²) in [5, 5.41) is 10.7. The first kappa shape index (κ1) is 18.0. The van der Waals surface area contributed by atoms with Crippen molar-refractivity contribution in [2.75, 3.05) is 6.61 Å². The Morgan fingerprint density at radius 2 is 1.80 bits per heavy atom. The number of ketones is 1. The molecule has 0 saturated carbocycles. The number of nitro benzene ring substituents is 1. The first-order valence-electron chi connectivity index (χ1n) is 7.57. The molecule has 7 heteroatoms. The minimum atomic E-state index is -1.22. The largest absolute Gasteiger partial charge is 0.465 e. The van der Waals surface area contributed by atoms with Crippen molar-refractivity contribution in [3.05, 3.63) is 70.3 Å². The monoisotopic (exact) mass is 340 g/mol. The average molecular weight is 340 g/mol. The molecule has 0 bridgehead atoms. The van der Waals surface area contributed by atoms with Crippen LogP contribution in [0.4, 0.5) is 11.4 Å². The van der Waals surface area contributed by atoms with E-state index in [-0.39, 0.29) is 17.9 Å². The van der Waals surface area contributed by atoms with Crippen molar-refractivity contribution >= 4 is 29.3 Å². The number of esters is 1. The molecule has 0 aliphatic carbocycles. The molecule has 0 N–H and O–H groups in total. The summed E-state index contributed by atoms with van der Waals surface area (Å²) in [5.41, 5.74) is 0.624. The summed E-state index contributed by atoms with van der Waals surface area (Å²) < 4.78 is 4.94. The number of para-hydroxylation sites is 1. The molecule has 0 aliphatic heterocycles. The minimum Gasteiger partial charge on any atom is -0.465 e. The predicted molar refractivity (Wildman–Crippen MR) is 92.1 cm³/mol. The number of Topliss-reactive ketones (excluding diaryl/α,β-unsaturated/α-hetero) is 1. The van der Waals surface area contributed by atoms with Crippen molar-refractivity contribution in [2.24, 2.45) is 10.9 Å². The fourth-order valence-electron chi connectivity index (χ4n) is 2.07. The summed E-state index contributed by atoms with van der Waals surface area (Å²) in [5.74, 6) is -2.47. The highest BCUT2D eigenvalue weighted by atomic mass is 16.6. The summed E-state index contributed by atoms with van der Waals surface area (Å²) in [4.78, 5) is 39.0. The SMILES string of the molecule is CCOC(=O)C(C=Nc1ccccc1)C(=O)c1ccc([N+](=O)[O-])cc1. The van der Waals surface area contributed by atoms with Crippen LogP contribution in [-0.2, 0) is 9.53 Å². The van der Waals surface area contributed by atoms with E-state index >= 15 is 0 Å². The van der Waals surface area contributed by atoms with Crippen molar-refractivity contribution in [3.63, 3.8) is 0 Å². The molecular weight excluding hydrogens is 324 g/mol. The number of benzene rings is 2. The van der Waals surface area contributed by atoms with Crippen LogP contribution in [-0.4, -0.2) is 29.5 Å². The van der Waals surface area contributed by atoms with Crippen LogP contribution in [0.5, 0.6) is 0 Å². The van der Waals surface area contributed by atoms with Gasteiger partial charge in [0.2, 0.25) is 0 Å². The Morgan fingerprint density at radius 3 is 2.36 bits per heavy atom. The van der Waals surface area contributed by atoms with Crippen LogP contribution < -0.4 is 0 Å². The van der Waals surface area contributed by atoms with Crippen molar-refractivity contribution < 1.29 is 19.2 Å². The molecule has 0 aromatic heterocycles. The van der Waals surface area contributed by atoms with Crippen molar-refractivity contribution in [1.29, 1.82) is 0 Å². The molecule has 0 fully saturated rings. The highest BCUT2D eigenvalue weighted by Gasteiger charge is 2.27. The Morgan fingerprint density at radius 1 is 1.16 bits per heavy atom. The van der Waals surface area contributed by atoms with E-state index in [0.717, 1.165) is 0 Å². The average Bonchev–Trinajstić information content (AvgIpc) is 2.63. The number of hydrogen-bond donors (Lipinski definition) is 0. The number of nitrogens with zero attached hydrogens (tertiary/aromatic N) is 2. The highest BCUT2D eigenvalue weighted by molar-refractivity contribution is 6.18. The molecule has 2 aromatic carbocycles. The minimum absolute atomic E-state index is 0.127. The smallest absolute Gasteiger partial charge is 0.322 e. The molecule has 1 unspecified atom stereocenters. The molecule has 2 aromatic rings. The van der Waals surface area contributed by atoms with Gasteiger partial charge in [0, 0.05) is 23.9 Å². The van der Waals surface area contributed by atoms with Gasteiger partial charge in [0.25, 0.3) is 5.69 Å². The predicted octanol–water partition coefficient (Wildman–Crippen LogP) is 3.36. The number of ether oxygens (including phenoxy) is 1. The van der Waals surface area contributed by atoms with Gasteiger partial charge in [-0.15, -0.1) is 0 Å². The molecular formula is C18H16N2O5. The summed E-state index contributed by atoms with van der Waals surface area (Å²) in [6, 6.07) is 13.9. The molecule has 7 nitrogen and oxygen atoms in total. The molecule has 0 amide bonds. The highest BCUT2D eigenvalue weighted by Crippen LogP contribution is 2.17. The van der Waals surface area contributed by atoms with Crippen LogP contribution in [0, 0.1) is 16.0 Å². The Balaban J connectivity index is 2.27. The molecule has 0 heterocycles. The summed E-state index contributed by atoms with van der Waals surface area (Å²) in [7, 11) is 0. The van der Waals surface area contributed by atoms with Crippen LogP contribution in [0.3, 0.4) is 0 Å². The van der Waals surface area contributed by atoms with E-state index in [1.165, 1.54) is 30.5 Å². The van der Waals surface area contributed by atoms with E-state index in [0.29, 0.717) is 5.69 Å². The molecule has 0 radical (unpaired) electrons. The number of carbonyl (C=O) groups excluding carboxylic acids is 2. The van der Waals surface area contributed by atoms with Gasteiger partial charge >= 0.3 is 5.97 Å². The lowest BCUT2D eigenvalue weighted by Gasteiger charge is -2.10. The lowest BCUT2D eigenvalue weighted by molar-refractivity contribution is -0.384. The van der Waals surface area contributed by atoms with Gasteiger partial charge in [0.1, 0.15) is 0 Å². The third kappa shape index (κ3) is 4.81. The van der Waals surface area contributed by atoms with Crippen LogP contribution in [0.15, 0.2) is 59.6 Å². The zero-order valence-corrected chi connectivity index (χ0v) is 13.5. The molecule has 2 rings (SSSR count). The second-order valence-corrected chi connectivity index (χ2v) is 5.01. The molecule has 0 spiro atoms. The number of nitro groups is 1. The Kier molecular flexibility index (Phi) is 6.11. The zero-order valence-electron chi connectivity index (χ0n) is 13.5. The molecule has 0 saturated heterocycles. The summed E-state index contributed by atoms with van der Waals surface area (Å²) >= 11 is 0. The Labute approximate surface area is 144 Å². The first-order chi connectivity index (χ1) is 12.0. The number of hydrogen-bond acceptors (Lipinski definition) is 6. The first-order valence-corrected chi connectivity index (χ1v) is 7.57. The zero-order chi connectivity index (χ0) is 18.2. The van der Waals surface area contributed by atoms with Crippen LogP contribution >= 0.6 is 0 Å². The van der Waals surface area contributed by atoms with Gasteiger partial charge in [-0.05, 0) is 31.2 Å². The normalized spacial score (nSPS) is 11.9. The van der Waals surface area contributed by atoms with E-state index in [4.69, 9.17) is 4.74 Å². The van der Waals surface area contributed by atoms with E-state index in [1.807, 2.05) is 6.07 Å². The Hall–Kier alpha value is -3.35. The standard InChI is InChI=1S/C18H16N2O5/c1-2-25-18(22)16(12-19-14-6-4-3-5-7-14)17(21)13-8-10-15(11-9-13)20(23)24/h3-12,16H,2H2,1H3. The number of rotatable bonds is 7. The van der Waals surface area contributed by atoms with E-state index in [2.05, 4.69) is 4.99 Å². The third-order valence-electron chi connectivity index (χ3n) is 3.31. The second kappa shape index (κ2) is 8.49. The topological polar surface area (TPSA) is 98.9 Å². The van der Waals surface area contributed by atoms with Crippen LogP contribution in [0.25, 0.3) is 0 Å². The van der Waals surface area contributed by atoms with E-state index in [9.17, 15) is 19.7 Å². The third-order valence-corrected chi connectivity index (χ3v) is 3.31. The lowest BCUT2D eigenvalue weighted by atomic mass is 9.98. The van der Waals surface area contributed by atoms with Crippen LogP contribution in [0.2, 0.25) is 0 Å². The Bertz CT molecular complexity index is 785. The molecule has 128 valence electrons. The number of aliphatic imine (C=N–C) groups is 1. The fourth-order valence-corrected chi connectivity index (χ4v) is 2.07. The van der Waals surface area contributed by atoms with E-state index < -0.39 is 22.6 Å². The fraction of sp³-hybridized carbons (Fsp3) is 0.167. The van der Waals surface area contributed by atoms with Gasteiger partial charge in [0.15, 0.2) is 11.7 Å². The maximum absolute atomic E-state index is 12.6. The van der Waals surface area contributed by atoms with Gasteiger partial charge in [0.05, 0.1) is 17.2 Å². The van der Waals surface area contributed by atoms with Crippen LogP contribution in [0.1, 0.15) is 17.3 Å². The molecule has 25 heavy (non-hydrogen) atoms. The summed E-state index contributed by atoms with van der Waals surface area (Å²) in [6.45, 7) is 1.77. The van der Waals surface area contributed by atoms with Gasteiger partial charge in [-0.3, -0.25) is 24.7 Å². The quantitative estimate of drug-likeness (QED) is 0.192. The number of carbonyl (C=O) groups is 2. The van der Waals surface area contributed by atoms with Crippen molar-refractivity contribution in [2.45, 2.75) is 6.92 Å². The molecule has 1 atom stereocenters. The van der Waals surface area contributed by atoms with Crippen molar-refractivity contribution in [1.82, 2.24) is 0 Å². The van der Waals surface area contributed by atoms with Gasteiger partial charge in [-0.2, -0.15) is 0 Å². The second-order valence-electron chi connectivity index (χ2n) is 5.01. The maximum atomic E-state index is 12.6. The van der Waals surface area contributed by atoms with Gasteiger partial charge < -0.3 is 4.74 Å². The lowest BCUT2D eigenvalue weighted by Crippen LogP contribution is -2.27.